The molecule has 2 N–H and O–H groups in total. The van der Waals surface area contributed by atoms with Crippen LogP contribution in [0.5, 0.6) is 0 Å². The molecule has 1 aliphatic heterocycles. The van der Waals surface area contributed by atoms with E-state index in [2.05, 4.69) is 10.6 Å². The average molecular weight is 416 g/mol. The van der Waals surface area contributed by atoms with Gasteiger partial charge in [0.1, 0.15) is 11.6 Å². The number of hydrogen-bond donors (Lipinski definition) is 2. The molecule has 2 amide bonds. The highest BCUT2D eigenvalue weighted by Gasteiger charge is 2.20. The summed E-state index contributed by atoms with van der Waals surface area (Å²) in [5.74, 6) is -0.892. The van der Waals surface area contributed by atoms with Crippen molar-refractivity contribution in [3.8, 4) is 0 Å². The number of carbonyl (C=O) groups excluding carboxylic acids is 2. The maximum Gasteiger partial charge on any atom is 0.238 e. The number of nitrogens with one attached hydrogen (secondary N) is 2. The van der Waals surface area contributed by atoms with Gasteiger partial charge in [-0.3, -0.25) is 19.4 Å². The van der Waals surface area contributed by atoms with Crippen LogP contribution in [-0.4, -0.2) is 60.9 Å². The molecule has 1 aliphatic rings. The zero-order valence-electron chi connectivity index (χ0n) is 17.0. The summed E-state index contributed by atoms with van der Waals surface area (Å²) in [5.41, 5.74) is 1.86. The smallest absolute Gasteiger partial charge is 0.238 e. The molecule has 0 spiro atoms. The van der Waals surface area contributed by atoms with Crippen LogP contribution in [0.1, 0.15) is 11.1 Å². The molecule has 1 heterocycles. The summed E-state index contributed by atoms with van der Waals surface area (Å²) in [6, 6.07) is 10.6. The number of halogens is 2. The van der Waals surface area contributed by atoms with Gasteiger partial charge in [-0.1, -0.05) is 12.1 Å². The first kappa shape index (κ1) is 21.9. The molecule has 30 heavy (non-hydrogen) atoms. The average Bonchev–Trinajstić information content (AvgIpc) is 2.72. The van der Waals surface area contributed by atoms with E-state index >= 15 is 0 Å². The third-order valence-corrected chi connectivity index (χ3v) is 5.05. The normalized spacial score (nSPS) is 15.0. The number of aryl methyl sites for hydroxylation is 1. The minimum absolute atomic E-state index is 0.113. The van der Waals surface area contributed by atoms with Crippen molar-refractivity contribution >= 4 is 17.5 Å². The molecular weight excluding hydrogens is 390 g/mol. The third-order valence-electron chi connectivity index (χ3n) is 5.05. The van der Waals surface area contributed by atoms with E-state index in [0.29, 0.717) is 44.0 Å². The molecule has 0 saturated carbocycles. The van der Waals surface area contributed by atoms with Gasteiger partial charge in [-0.15, -0.1) is 0 Å². The van der Waals surface area contributed by atoms with Gasteiger partial charge in [0, 0.05) is 38.4 Å². The van der Waals surface area contributed by atoms with Gasteiger partial charge in [-0.25, -0.2) is 8.78 Å². The molecule has 0 aliphatic carbocycles. The van der Waals surface area contributed by atoms with Crippen LogP contribution < -0.4 is 10.6 Å². The van der Waals surface area contributed by atoms with Crippen LogP contribution in [0.3, 0.4) is 0 Å². The van der Waals surface area contributed by atoms with Crippen molar-refractivity contribution in [2.75, 3.05) is 44.6 Å². The van der Waals surface area contributed by atoms with Crippen molar-refractivity contribution in [2.45, 2.75) is 13.5 Å². The van der Waals surface area contributed by atoms with Gasteiger partial charge in [-0.05, 0) is 48.4 Å². The second kappa shape index (κ2) is 10.3. The summed E-state index contributed by atoms with van der Waals surface area (Å²) in [6.45, 7) is 5.21. The third kappa shape index (κ3) is 6.60. The Morgan fingerprint density at radius 3 is 2.10 bits per heavy atom. The van der Waals surface area contributed by atoms with Crippen LogP contribution in [0.15, 0.2) is 42.5 Å². The topological polar surface area (TPSA) is 64.7 Å². The molecule has 0 unspecified atom stereocenters. The maximum absolute atomic E-state index is 13.6. The maximum atomic E-state index is 13.6. The largest absolute Gasteiger partial charge is 0.351 e. The van der Waals surface area contributed by atoms with E-state index in [9.17, 15) is 18.4 Å². The molecule has 1 saturated heterocycles. The first-order valence-corrected chi connectivity index (χ1v) is 9.91. The molecule has 6 nitrogen and oxygen atoms in total. The van der Waals surface area contributed by atoms with Crippen LogP contribution in [-0.2, 0) is 16.1 Å². The number of rotatable bonds is 7. The van der Waals surface area contributed by atoms with Crippen LogP contribution >= 0.6 is 0 Å². The summed E-state index contributed by atoms with van der Waals surface area (Å²) in [4.78, 5) is 28.4. The Hall–Kier alpha value is -2.84. The second-order valence-corrected chi connectivity index (χ2v) is 7.47. The Morgan fingerprint density at radius 1 is 0.900 bits per heavy atom. The minimum atomic E-state index is -0.348. The molecule has 0 radical (unpaired) electrons. The molecule has 0 aromatic heterocycles. The number of amides is 2. The number of carbonyl (C=O) groups is 2. The number of benzene rings is 2. The Balaban J connectivity index is 1.35. The van der Waals surface area contributed by atoms with Gasteiger partial charge >= 0.3 is 0 Å². The van der Waals surface area contributed by atoms with Gasteiger partial charge in [0.15, 0.2) is 0 Å². The summed E-state index contributed by atoms with van der Waals surface area (Å²) in [7, 11) is 0. The van der Waals surface area contributed by atoms with E-state index in [4.69, 9.17) is 0 Å². The molecule has 8 heteroatoms. The lowest BCUT2D eigenvalue weighted by Gasteiger charge is -2.33. The fourth-order valence-corrected chi connectivity index (χ4v) is 3.25. The van der Waals surface area contributed by atoms with Crippen LogP contribution in [0.4, 0.5) is 14.5 Å². The van der Waals surface area contributed by atoms with Crippen molar-refractivity contribution in [2.24, 2.45) is 0 Å². The lowest BCUT2D eigenvalue weighted by molar-refractivity contribution is -0.123. The van der Waals surface area contributed by atoms with Crippen molar-refractivity contribution in [1.29, 1.82) is 0 Å². The van der Waals surface area contributed by atoms with Crippen molar-refractivity contribution in [1.82, 2.24) is 15.1 Å². The number of nitrogens with zero attached hydrogens (tertiary/aromatic N) is 2. The second-order valence-electron chi connectivity index (χ2n) is 7.47. The van der Waals surface area contributed by atoms with Crippen LogP contribution in [0.2, 0.25) is 0 Å². The fourth-order valence-electron chi connectivity index (χ4n) is 3.25. The predicted molar refractivity (Wildman–Crippen MR) is 111 cm³/mol. The van der Waals surface area contributed by atoms with Gasteiger partial charge in [-0.2, -0.15) is 0 Å². The van der Waals surface area contributed by atoms with E-state index in [1.807, 2.05) is 9.80 Å². The first-order chi connectivity index (χ1) is 14.4. The molecule has 3 rings (SSSR count). The summed E-state index contributed by atoms with van der Waals surface area (Å²) in [5, 5.41) is 5.56. The van der Waals surface area contributed by atoms with Gasteiger partial charge in [0.05, 0.1) is 13.1 Å². The summed E-state index contributed by atoms with van der Waals surface area (Å²) >= 11 is 0. The monoisotopic (exact) mass is 416 g/mol. The van der Waals surface area contributed by atoms with Crippen molar-refractivity contribution in [3.63, 3.8) is 0 Å². The van der Waals surface area contributed by atoms with E-state index in [1.165, 1.54) is 30.3 Å². The lowest BCUT2D eigenvalue weighted by atomic mass is 10.1. The molecule has 1 fully saturated rings. The number of hydrogen-bond acceptors (Lipinski definition) is 4. The number of anilines is 1. The Morgan fingerprint density at radius 2 is 1.50 bits per heavy atom. The van der Waals surface area contributed by atoms with E-state index in [1.54, 1.807) is 19.1 Å². The number of piperazine rings is 1. The molecule has 0 atom stereocenters. The van der Waals surface area contributed by atoms with E-state index in [0.717, 1.165) is 5.56 Å². The molecule has 0 bridgehead atoms. The van der Waals surface area contributed by atoms with Crippen molar-refractivity contribution in [3.05, 3.63) is 65.2 Å². The van der Waals surface area contributed by atoms with E-state index < -0.39 is 0 Å². The standard InChI is InChI=1S/C22H26F2N4O2/c1-16-2-3-17(12-20(16)24)13-25-21(29)14-27-8-10-28(11-9-27)15-22(30)26-19-6-4-18(23)5-7-19/h2-7,12H,8-11,13-15H2,1H3,(H,25,29)(H,26,30). The van der Waals surface area contributed by atoms with Gasteiger partial charge in [0.25, 0.3) is 0 Å². The molecule has 160 valence electrons. The highest BCUT2D eigenvalue weighted by atomic mass is 19.1. The zero-order chi connectivity index (χ0) is 21.5. The highest BCUT2D eigenvalue weighted by Crippen LogP contribution is 2.10. The van der Waals surface area contributed by atoms with E-state index in [-0.39, 0.29) is 36.5 Å². The Bertz CT molecular complexity index is 881. The van der Waals surface area contributed by atoms with Crippen LogP contribution in [0, 0.1) is 18.6 Å². The molecular formula is C22H26F2N4O2. The quantitative estimate of drug-likeness (QED) is 0.726. The minimum Gasteiger partial charge on any atom is -0.351 e. The zero-order valence-corrected chi connectivity index (χ0v) is 17.0. The fraction of sp³-hybridized carbons (Fsp3) is 0.364. The molecule has 2 aromatic carbocycles. The Labute approximate surface area is 174 Å². The van der Waals surface area contributed by atoms with Gasteiger partial charge in [0.2, 0.25) is 11.8 Å². The summed E-state index contributed by atoms with van der Waals surface area (Å²) in [6.07, 6.45) is 0. The highest BCUT2D eigenvalue weighted by molar-refractivity contribution is 5.92. The van der Waals surface area contributed by atoms with Crippen molar-refractivity contribution < 1.29 is 18.4 Å². The van der Waals surface area contributed by atoms with Gasteiger partial charge < -0.3 is 10.6 Å². The predicted octanol–water partition coefficient (Wildman–Crippen LogP) is 2.15. The SMILES string of the molecule is Cc1ccc(CNC(=O)CN2CCN(CC(=O)Nc3ccc(F)cc3)CC2)cc1F. The molecule has 2 aromatic rings. The first-order valence-electron chi connectivity index (χ1n) is 9.91. The van der Waals surface area contributed by atoms with Crippen LogP contribution in [0.25, 0.3) is 0 Å². The summed E-state index contributed by atoms with van der Waals surface area (Å²) < 4.78 is 26.5. The Kier molecular flexibility index (Phi) is 7.48. The lowest BCUT2D eigenvalue weighted by Crippen LogP contribution is -2.50.